The summed E-state index contributed by atoms with van der Waals surface area (Å²) >= 11 is 5.61. The van der Waals surface area contributed by atoms with E-state index in [2.05, 4.69) is 0 Å². The van der Waals surface area contributed by atoms with Crippen molar-refractivity contribution in [3.05, 3.63) is 29.0 Å². The molecule has 1 aromatic rings. The molecule has 98 valence electrons. The van der Waals surface area contributed by atoms with Gasteiger partial charge in [-0.15, -0.1) is 0 Å². The molecule has 2 rings (SSSR count). The molecule has 0 spiro atoms. The van der Waals surface area contributed by atoms with Gasteiger partial charge in [0.2, 0.25) is 0 Å². The summed E-state index contributed by atoms with van der Waals surface area (Å²) in [5.41, 5.74) is 0. The van der Waals surface area contributed by atoms with E-state index in [-0.39, 0.29) is 22.5 Å². The Morgan fingerprint density at radius 2 is 2.33 bits per heavy atom. The second-order valence-electron chi connectivity index (χ2n) is 4.09. The molecule has 1 saturated heterocycles. The van der Waals surface area contributed by atoms with Crippen molar-refractivity contribution in [1.29, 1.82) is 0 Å². The molecule has 0 saturated carbocycles. The van der Waals surface area contributed by atoms with Crippen molar-refractivity contribution in [2.45, 2.75) is 11.3 Å². The van der Waals surface area contributed by atoms with Gasteiger partial charge in [0.15, 0.2) is 5.78 Å². The Bertz CT molecular complexity index is 486. The molecular weight excluding hydrogens is 279 g/mol. The molecular formula is C12H12ClFO3S. The number of carbonyl (C=O) groups excluding carboxylic acids is 1. The highest BCUT2D eigenvalue weighted by Gasteiger charge is 2.25. The van der Waals surface area contributed by atoms with Crippen LogP contribution in [0.5, 0.6) is 0 Å². The molecule has 0 bridgehead atoms. The molecule has 18 heavy (non-hydrogen) atoms. The molecule has 1 aliphatic heterocycles. The topological polar surface area (TPSA) is 43.4 Å². The maximum atomic E-state index is 13.0. The third-order valence-corrected chi connectivity index (χ3v) is 4.43. The van der Waals surface area contributed by atoms with Gasteiger partial charge in [0.05, 0.1) is 28.2 Å². The van der Waals surface area contributed by atoms with E-state index in [1.54, 1.807) is 0 Å². The standard InChI is InChI=1S/C12H12ClFO3S/c13-10-5-9(1-2-11(10)14)18(16)7-12(15)8-3-4-17-6-8/h1-2,5,8H,3-4,6-7H2. The van der Waals surface area contributed by atoms with E-state index in [9.17, 15) is 13.4 Å². The third-order valence-electron chi connectivity index (χ3n) is 2.81. The number of ether oxygens (including phenoxy) is 1. The van der Waals surface area contributed by atoms with Crippen LogP contribution in [-0.2, 0) is 20.3 Å². The lowest BCUT2D eigenvalue weighted by atomic mass is 10.1. The van der Waals surface area contributed by atoms with Crippen molar-refractivity contribution >= 4 is 28.2 Å². The van der Waals surface area contributed by atoms with Crippen molar-refractivity contribution < 1.29 is 18.1 Å². The van der Waals surface area contributed by atoms with Gasteiger partial charge in [-0.2, -0.15) is 0 Å². The van der Waals surface area contributed by atoms with E-state index >= 15 is 0 Å². The second-order valence-corrected chi connectivity index (χ2v) is 5.95. The van der Waals surface area contributed by atoms with Crippen LogP contribution in [0.4, 0.5) is 4.39 Å². The maximum absolute atomic E-state index is 13.0. The van der Waals surface area contributed by atoms with E-state index in [1.807, 2.05) is 0 Å². The highest BCUT2D eigenvalue weighted by molar-refractivity contribution is 7.85. The minimum Gasteiger partial charge on any atom is -0.381 e. The fraction of sp³-hybridized carbons (Fsp3) is 0.417. The van der Waals surface area contributed by atoms with Gasteiger partial charge < -0.3 is 4.74 Å². The van der Waals surface area contributed by atoms with Gasteiger partial charge in [-0.25, -0.2) is 4.39 Å². The van der Waals surface area contributed by atoms with Gasteiger partial charge in [0.25, 0.3) is 0 Å². The van der Waals surface area contributed by atoms with Crippen LogP contribution in [-0.4, -0.2) is 29.0 Å². The monoisotopic (exact) mass is 290 g/mol. The fourth-order valence-corrected chi connectivity index (χ4v) is 3.11. The summed E-state index contributed by atoms with van der Waals surface area (Å²) in [6.07, 6.45) is 0.681. The van der Waals surface area contributed by atoms with Crippen molar-refractivity contribution in [2.24, 2.45) is 5.92 Å². The van der Waals surface area contributed by atoms with Crippen LogP contribution < -0.4 is 0 Å². The SMILES string of the molecule is O=C(CS(=O)c1ccc(F)c(Cl)c1)C1CCOC1. The molecule has 6 heteroatoms. The first-order chi connectivity index (χ1) is 8.58. The van der Waals surface area contributed by atoms with Gasteiger partial charge in [-0.1, -0.05) is 11.6 Å². The van der Waals surface area contributed by atoms with Crippen molar-refractivity contribution in [1.82, 2.24) is 0 Å². The van der Waals surface area contributed by atoms with Gasteiger partial charge in [0.1, 0.15) is 5.82 Å². The largest absolute Gasteiger partial charge is 0.381 e. The van der Waals surface area contributed by atoms with Gasteiger partial charge >= 0.3 is 0 Å². The average molecular weight is 291 g/mol. The zero-order valence-electron chi connectivity index (χ0n) is 9.53. The Labute approximate surface area is 112 Å². The molecule has 1 aromatic carbocycles. The van der Waals surface area contributed by atoms with E-state index < -0.39 is 16.6 Å². The lowest BCUT2D eigenvalue weighted by molar-refractivity contribution is -0.120. The second kappa shape index (κ2) is 5.91. The Balaban J connectivity index is 2.02. The third kappa shape index (κ3) is 3.16. The summed E-state index contributed by atoms with van der Waals surface area (Å²) in [6, 6.07) is 3.83. The van der Waals surface area contributed by atoms with Crippen LogP contribution in [0.2, 0.25) is 5.02 Å². The smallest absolute Gasteiger partial charge is 0.151 e. The zero-order valence-corrected chi connectivity index (χ0v) is 11.1. The fourth-order valence-electron chi connectivity index (χ4n) is 1.74. The number of hydrogen-bond acceptors (Lipinski definition) is 3. The molecule has 0 amide bonds. The van der Waals surface area contributed by atoms with E-state index in [1.165, 1.54) is 12.1 Å². The van der Waals surface area contributed by atoms with Crippen LogP contribution in [0.15, 0.2) is 23.1 Å². The van der Waals surface area contributed by atoms with Crippen molar-refractivity contribution in [2.75, 3.05) is 19.0 Å². The molecule has 1 aliphatic rings. The summed E-state index contributed by atoms with van der Waals surface area (Å²) < 4.78 is 30.0. The highest BCUT2D eigenvalue weighted by atomic mass is 35.5. The molecule has 1 fully saturated rings. The first-order valence-electron chi connectivity index (χ1n) is 5.52. The van der Waals surface area contributed by atoms with Gasteiger partial charge in [-0.3, -0.25) is 9.00 Å². The molecule has 2 unspecified atom stereocenters. The van der Waals surface area contributed by atoms with E-state index in [0.717, 1.165) is 6.07 Å². The number of rotatable bonds is 4. The lowest BCUT2D eigenvalue weighted by Crippen LogP contribution is -2.21. The predicted molar refractivity (Wildman–Crippen MR) is 66.6 cm³/mol. The number of carbonyl (C=O) groups is 1. The lowest BCUT2D eigenvalue weighted by Gasteiger charge is -2.07. The summed E-state index contributed by atoms with van der Waals surface area (Å²) in [7, 11) is -1.48. The molecule has 0 aliphatic carbocycles. The van der Waals surface area contributed by atoms with Crippen LogP contribution in [0.1, 0.15) is 6.42 Å². The maximum Gasteiger partial charge on any atom is 0.151 e. The van der Waals surface area contributed by atoms with Crippen LogP contribution in [0, 0.1) is 11.7 Å². The normalized spacial score (nSPS) is 20.9. The summed E-state index contributed by atoms with van der Waals surface area (Å²) in [4.78, 5) is 12.2. The predicted octanol–water partition coefficient (Wildman–Crippen LogP) is 2.19. The van der Waals surface area contributed by atoms with Crippen molar-refractivity contribution in [3.63, 3.8) is 0 Å². The molecule has 0 aromatic heterocycles. The summed E-state index contributed by atoms with van der Waals surface area (Å²) in [5, 5.41) is -0.0856. The Kier molecular flexibility index (Phi) is 4.48. The van der Waals surface area contributed by atoms with E-state index in [4.69, 9.17) is 16.3 Å². The molecule has 3 nitrogen and oxygen atoms in total. The Morgan fingerprint density at radius 1 is 1.56 bits per heavy atom. The molecule has 0 N–H and O–H groups in total. The van der Waals surface area contributed by atoms with Crippen LogP contribution >= 0.6 is 11.6 Å². The van der Waals surface area contributed by atoms with Gasteiger partial charge in [0, 0.05) is 17.4 Å². The first-order valence-corrected chi connectivity index (χ1v) is 7.21. The molecule has 2 atom stereocenters. The first kappa shape index (κ1) is 13.6. The number of Topliss-reactive ketones (excluding diaryl/α,β-unsaturated/α-hetero) is 1. The minimum atomic E-state index is -1.48. The number of hydrogen-bond donors (Lipinski definition) is 0. The minimum absolute atomic E-state index is 0.0734. The number of halogens is 2. The Morgan fingerprint density at radius 3 is 2.94 bits per heavy atom. The van der Waals surface area contributed by atoms with Crippen LogP contribution in [0.3, 0.4) is 0 Å². The number of benzene rings is 1. The molecule has 0 radical (unpaired) electrons. The quantitative estimate of drug-likeness (QED) is 0.854. The van der Waals surface area contributed by atoms with Crippen LogP contribution in [0.25, 0.3) is 0 Å². The average Bonchev–Trinajstić information content (AvgIpc) is 2.86. The zero-order chi connectivity index (χ0) is 13.1. The number of ketones is 1. The summed E-state index contributed by atoms with van der Waals surface area (Å²) in [5.74, 6) is -0.875. The molecule has 1 heterocycles. The highest BCUT2D eigenvalue weighted by Crippen LogP contribution is 2.20. The van der Waals surface area contributed by atoms with Gasteiger partial charge in [-0.05, 0) is 24.6 Å². The van der Waals surface area contributed by atoms with E-state index in [0.29, 0.717) is 24.5 Å². The van der Waals surface area contributed by atoms with Crippen molar-refractivity contribution in [3.8, 4) is 0 Å². The summed E-state index contributed by atoms with van der Waals surface area (Å²) in [6.45, 7) is 0.978. The Hall–Kier alpha value is -0.780.